The molecule has 1 atom stereocenters. The van der Waals surface area contributed by atoms with Crippen LogP contribution in [0.3, 0.4) is 0 Å². The normalized spacial score (nSPS) is 12.3. The van der Waals surface area contributed by atoms with Crippen molar-refractivity contribution in [3.8, 4) is 5.75 Å². The van der Waals surface area contributed by atoms with Gasteiger partial charge in [-0.15, -0.1) is 0 Å². The molecule has 0 fully saturated rings. The van der Waals surface area contributed by atoms with E-state index in [0.717, 1.165) is 0 Å². The minimum absolute atomic E-state index is 0.0304. The smallest absolute Gasteiger partial charge is 0.258 e. The molecule has 0 bridgehead atoms. The van der Waals surface area contributed by atoms with Gasteiger partial charge in [-0.3, -0.25) is 4.79 Å². The first-order valence-electron chi connectivity index (χ1n) is 5.87. The third-order valence-corrected chi connectivity index (χ3v) is 3.06. The van der Waals surface area contributed by atoms with Crippen LogP contribution in [0.4, 0.5) is 5.69 Å². The average molecular weight is 271 g/mol. The van der Waals surface area contributed by atoms with Crippen LogP contribution in [0.15, 0.2) is 18.2 Å². The summed E-state index contributed by atoms with van der Waals surface area (Å²) in [5, 5.41) is 3.27. The van der Waals surface area contributed by atoms with E-state index in [9.17, 15) is 4.79 Å². The summed E-state index contributed by atoms with van der Waals surface area (Å²) in [5.74, 6) is 0.769. The topological polar surface area (TPSA) is 64.3 Å². The van der Waals surface area contributed by atoms with Crippen molar-refractivity contribution < 1.29 is 9.53 Å². The number of carbonyl (C=O) groups is 1. The minimum atomic E-state index is -0.149. The van der Waals surface area contributed by atoms with Crippen molar-refractivity contribution in [1.29, 1.82) is 0 Å². The highest BCUT2D eigenvalue weighted by molar-refractivity contribution is 6.33. The van der Waals surface area contributed by atoms with Gasteiger partial charge in [-0.05, 0) is 25.0 Å². The highest BCUT2D eigenvalue weighted by Gasteiger charge is 2.11. The van der Waals surface area contributed by atoms with Gasteiger partial charge >= 0.3 is 0 Å². The number of amides is 1. The summed E-state index contributed by atoms with van der Waals surface area (Å²) in [7, 11) is 0. The number of carbonyl (C=O) groups excluding carboxylic acids is 1. The molecule has 0 radical (unpaired) electrons. The lowest BCUT2D eigenvalue weighted by atomic mass is 10.1. The molecule has 100 valence electrons. The van der Waals surface area contributed by atoms with Crippen LogP contribution < -0.4 is 15.8 Å². The third-order valence-electron chi connectivity index (χ3n) is 2.73. The van der Waals surface area contributed by atoms with Gasteiger partial charge in [-0.25, -0.2) is 0 Å². The van der Waals surface area contributed by atoms with Crippen molar-refractivity contribution in [3.05, 3.63) is 23.2 Å². The molecular weight excluding hydrogens is 252 g/mol. The fraction of sp³-hybridized carbons (Fsp3) is 0.462. The molecule has 1 amide bonds. The molecule has 0 aliphatic carbocycles. The third kappa shape index (κ3) is 4.45. The predicted octanol–water partition coefficient (Wildman–Crippen LogP) is 2.46. The Labute approximate surface area is 112 Å². The number of rotatable bonds is 5. The first kappa shape index (κ1) is 14.6. The van der Waals surface area contributed by atoms with Crippen LogP contribution in [0.5, 0.6) is 5.75 Å². The predicted molar refractivity (Wildman–Crippen MR) is 73.8 cm³/mol. The molecule has 0 spiro atoms. The van der Waals surface area contributed by atoms with Gasteiger partial charge in [-0.2, -0.15) is 0 Å². The van der Waals surface area contributed by atoms with E-state index in [-0.39, 0.29) is 18.6 Å². The van der Waals surface area contributed by atoms with Crippen molar-refractivity contribution in [3.63, 3.8) is 0 Å². The fourth-order valence-electron chi connectivity index (χ4n) is 1.21. The molecule has 0 aliphatic rings. The second kappa shape index (κ2) is 6.50. The van der Waals surface area contributed by atoms with Crippen molar-refractivity contribution in [2.24, 2.45) is 5.92 Å². The Balaban J connectivity index is 2.45. The summed E-state index contributed by atoms with van der Waals surface area (Å²) < 4.78 is 5.33. The number of anilines is 1. The molecule has 3 N–H and O–H groups in total. The largest absolute Gasteiger partial charge is 0.484 e. The molecule has 1 aromatic carbocycles. The zero-order chi connectivity index (χ0) is 13.7. The molecule has 0 aliphatic heterocycles. The van der Waals surface area contributed by atoms with Gasteiger partial charge in [0.1, 0.15) is 5.75 Å². The number of hydrogen-bond donors (Lipinski definition) is 2. The zero-order valence-corrected chi connectivity index (χ0v) is 11.6. The summed E-state index contributed by atoms with van der Waals surface area (Å²) >= 11 is 5.85. The first-order valence-corrected chi connectivity index (χ1v) is 6.25. The number of halogens is 1. The Kier molecular flexibility index (Phi) is 5.28. The molecule has 1 unspecified atom stereocenters. The van der Waals surface area contributed by atoms with E-state index in [4.69, 9.17) is 22.1 Å². The van der Waals surface area contributed by atoms with Crippen LogP contribution in [0.25, 0.3) is 0 Å². The monoisotopic (exact) mass is 270 g/mol. The molecule has 4 nitrogen and oxygen atoms in total. The van der Waals surface area contributed by atoms with E-state index in [0.29, 0.717) is 22.4 Å². The summed E-state index contributed by atoms with van der Waals surface area (Å²) in [5.41, 5.74) is 6.06. The Morgan fingerprint density at radius 3 is 2.67 bits per heavy atom. The fourth-order valence-corrected chi connectivity index (χ4v) is 1.38. The molecule has 5 heteroatoms. The Morgan fingerprint density at radius 1 is 1.44 bits per heavy atom. The summed E-state index contributed by atoms with van der Waals surface area (Å²) in [4.78, 5) is 11.6. The quantitative estimate of drug-likeness (QED) is 0.808. The number of hydrogen-bond acceptors (Lipinski definition) is 3. The van der Waals surface area contributed by atoms with E-state index < -0.39 is 0 Å². The van der Waals surface area contributed by atoms with Crippen LogP contribution >= 0.6 is 11.6 Å². The Hall–Kier alpha value is -1.42. The van der Waals surface area contributed by atoms with Gasteiger partial charge < -0.3 is 15.8 Å². The standard InChI is InChI=1S/C13H19ClN2O2/c1-8(2)9(3)16-13(17)7-18-10-4-5-12(15)11(14)6-10/h4-6,8-9H,7,15H2,1-3H3,(H,16,17). The summed E-state index contributed by atoms with van der Waals surface area (Å²) in [6.45, 7) is 6.02. The van der Waals surface area contributed by atoms with E-state index >= 15 is 0 Å². The maximum absolute atomic E-state index is 11.6. The number of nitrogens with one attached hydrogen (secondary N) is 1. The van der Waals surface area contributed by atoms with E-state index in [1.54, 1.807) is 18.2 Å². The van der Waals surface area contributed by atoms with Gasteiger partial charge in [0.05, 0.1) is 10.7 Å². The van der Waals surface area contributed by atoms with Crippen LogP contribution in [0.1, 0.15) is 20.8 Å². The number of benzene rings is 1. The second-order valence-electron chi connectivity index (χ2n) is 4.57. The maximum Gasteiger partial charge on any atom is 0.258 e. The lowest BCUT2D eigenvalue weighted by Gasteiger charge is -2.17. The number of ether oxygens (including phenoxy) is 1. The summed E-state index contributed by atoms with van der Waals surface area (Å²) in [6, 6.07) is 5.04. The van der Waals surface area contributed by atoms with Gasteiger partial charge in [-0.1, -0.05) is 25.4 Å². The van der Waals surface area contributed by atoms with Gasteiger partial charge in [0.2, 0.25) is 0 Å². The van der Waals surface area contributed by atoms with Crippen molar-refractivity contribution in [2.75, 3.05) is 12.3 Å². The highest BCUT2D eigenvalue weighted by atomic mass is 35.5. The van der Waals surface area contributed by atoms with E-state index in [2.05, 4.69) is 5.32 Å². The van der Waals surface area contributed by atoms with Crippen LogP contribution in [-0.4, -0.2) is 18.6 Å². The van der Waals surface area contributed by atoms with Crippen LogP contribution in [-0.2, 0) is 4.79 Å². The zero-order valence-electron chi connectivity index (χ0n) is 10.9. The minimum Gasteiger partial charge on any atom is -0.484 e. The van der Waals surface area contributed by atoms with Crippen molar-refractivity contribution in [1.82, 2.24) is 5.32 Å². The molecule has 0 aromatic heterocycles. The molecule has 0 heterocycles. The van der Waals surface area contributed by atoms with Crippen LogP contribution in [0, 0.1) is 5.92 Å². The Morgan fingerprint density at radius 2 is 2.11 bits per heavy atom. The number of nitrogen functional groups attached to an aromatic ring is 1. The molecule has 1 aromatic rings. The van der Waals surface area contributed by atoms with Crippen molar-refractivity contribution in [2.45, 2.75) is 26.8 Å². The lowest BCUT2D eigenvalue weighted by molar-refractivity contribution is -0.124. The maximum atomic E-state index is 11.6. The van der Waals surface area contributed by atoms with Gasteiger partial charge in [0.15, 0.2) is 6.61 Å². The molecule has 1 rings (SSSR count). The molecule has 0 saturated carbocycles. The molecular formula is C13H19ClN2O2. The Bertz CT molecular complexity index is 421. The molecule has 18 heavy (non-hydrogen) atoms. The van der Waals surface area contributed by atoms with Crippen LogP contribution in [0.2, 0.25) is 5.02 Å². The average Bonchev–Trinajstić information content (AvgIpc) is 2.30. The lowest BCUT2D eigenvalue weighted by Crippen LogP contribution is -2.38. The second-order valence-corrected chi connectivity index (χ2v) is 4.98. The first-order chi connectivity index (χ1) is 8.40. The van der Waals surface area contributed by atoms with Gasteiger partial charge in [0, 0.05) is 12.1 Å². The SMILES string of the molecule is CC(C)C(C)NC(=O)COc1ccc(N)c(Cl)c1. The van der Waals surface area contributed by atoms with Crippen molar-refractivity contribution >= 4 is 23.2 Å². The van der Waals surface area contributed by atoms with E-state index in [1.165, 1.54) is 0 Å². The van der Waals surface area contributed by atoms with E-state index in [1.807, 2.05) is 20.8 Å². The highest BCUT2D eigenvalue weighted by Crippen LogP contribution is 2.23. The summed E-state index contributed by atoms with van der Waals surface area (Å²) in [6.07, 6.45) is 0. The molecule has 0 saturated heterocycles. The number of nitrogens with two attached hydrogens (primary N) is 1. The van der Waals surface area contributed by atoms with Gasteiger partial charge in [0.25, 0.3) is 5.91 Å².